The van der Waals surface area contributed by atoms with Crippen LogP contribution < -0.4 is 15.8 Å². The van der Waals surface area contributed by atoms with Crippen molar-refractivity contribution in [2.75, 3.05) is 19.6 Å². The Hall–Kier alpha value is -2.93. The van der Waals surface area contributed by atoms with Gasteiger partial charge in [-0.1, -0.05) is 0 Å². The van der Waals surface area contributed by atoms with Crippen LogP contribution in [0.4, 0.5) is 0 Å². The van der Waals surface area contributed by atoms with Crippen molar-refractivity contribution in [1.29, 1.82) is 0 Å². The third-order valence-corrected chi connectivity index (χ3v) is 4.77. The first-order valence-corrected chi connectivity index (χ1v) is 9.63. The summed E-state index contributed by atoms with van der Waals surface area (Å²) in [7, 11) is 0. The Morgan fingerprint density at radius 2 is 2.00 bits per heavy atom. The number of hydrogen-bond acceptors (Lipinski definition) is 5. The second-order valence-electron chi connectivity index (χ2n) is 6.81. The molecule has 1 unspecified atom stereocenters. The first-order chi connectivity index (χ1) is 13.7. The van der Waals surface area contributed by atoms with E-state index in [-0.39, 0.29) is 17.9 Å². The van der Waals surface area contributed by atoms with Gasteiger partial charge in [-0.05, 0) is 55.7 Å². The molecule has 1 aromatic heterocycles. The molecule has 1 fully saturated rings. The molecule has 0 aliphatic carbocycles. The molecule has 2 heterocycles. The van der Waals surface area contributed by atoms with Crippen molar-refractivity contribution in [3.63, 3.8) is 0 Å². The van der Waals surface area contributed by atoms with E-state index in [1.54, 1.807) is 42.7 Å². The van der Waals surface area contributed by atoms with E-state index in [2.05, 4.69) is 10.3 Å². The fraction of sp³-hybridized carbons (Fsp3) is 0.381. The summed E-state index contributed by atoms with van der Waals surface area (Å²) in [5.74, 6) is 1.20. The van der Waals surface area contributed by atoms with Crippen molar-refractivity contribution in [3.05, 3.63) is 54.4 Å². The lowest BCUT2D eigenvalue weighted by molar-refractivity contribution is -0.121. The molecule has 3 N–H and O–H groups in total. The van der Waals surface area contributed by atoms with Crippen LogP contribution in [0.25, 0.3) is 0 Å². The standard InChI is InChI=1S/C21H26N4O3/c22-11-10-20(26)24-14-17-4-1-2-13-25(17)21(27)16-6-8-18(9-7-16)28-19-5-3-12-23-15-19/h3,5-9,12,15,17H,1-2,4,10-11,13-14,22H2,(H,24,26). The average molecular weight is 382 g/mol. The van der Waals surface area contributed by atoms with Gasteiger partial charge < -0.3 is 20.7 Å². The highest BCUT2D eigenvalue weighted by Crippen LogP contribution is 2.23. The molecule has 1 aliphatic rings. The molecule has 0 radical (unpaired) electrons. The molecule has 28 heavy (non-hydrogen) atoms. The predicted molar refractivity (Wildman–Crippen MR) is 106 cm³/mol. The van der Waals surface area contributed by atoms with Gasteiger partial charge in [0.2, 0.25) is 5.91 Å². The Balaban J connectivity index is 1.63. The van der Waals surface area contributed by atoms with Crippen molar-refractivity contribution in [2.45, 2.75) is 31.7 Å². The maximum Gasteiger partial charge on any atom is 0.254 e. The number of nitrogens with one attached hydrogen (secondary N) is 1. The van der Waals surface area contributed by atoms with Crippen molar-refractivity contribution in [1.82, 2.24) is 15.2 Å². The molecular formula is C21H26N4O3. The Labute approximate surface area is 164 Å². The number of aromatic nitrogens is 1. The van der Waals surface area contributed by atoms with Crippen molar-refractivity contribution >= 4 is 11.8 Å². The zero-order chi connectivity index (χ0) is 19.8. The third-order valence-electron chi connectivity index (χ3n) is 4.77. The third kappa shape index (κ3) is 5.29. The second kappa shape index (κ2) is 9.85. The van der Waals surface area contributed by atoms with E-state index < -0.39 is 0 Å². The molecule has 0 spiro atoms. The number of piperidine rings is 1. The average Bonchev–Trinajstić information content (AvgIpc) is 2.73. The lowest BCUT2D eigenvalue weighted by atomic mass is 10.0. The van der Waals surface area contributed by atoms with E-state index in [1.807, 2.05) is 11.0 Å². The van der Waals surface area contributed by atoms with Crippen LogP contribution in [0, 0.1) is 0 Å². The number of likely N-dealkylation sites (tertiary alicyclic amines) is 1. The Kier molecular flexibility index (Phi) is 6.97. The van der Waals surface area contributed by atoms with Crippen LogP contribution >= 0.6 is 0 Å². The zero-order valence-corrected chi connectivity index (χ0v) is 15.8. The minimum absolute atomic E-state index is 0.00861. The van der Waals surface area contributed by atoms with Crippen LogP contribution in [-0.4, -0.2) is 47.4 Å². The van der Waals surface area contributed by atoms with Crippen LogP contribution in [-0.2, 0) is 4.79 Å². The van der Waals surface area contributed by atoms with Crippen molar-refractivity contribution in [3.8, 4) is 11.5 Å². The van der Waals surface area contributed by atoms with Crippen molar-refractivity contribution < 1.29 is 14.3 Å². The summed E-state index contributed by atoms with van der Waals surface area (Å²) in [5, 5.41) is 2.89. The molecule has 2 amide bonds. The van der Waals surface area contributed by atoms with Gasteiger partial charge in [-0.15, -0.1) is 0 Å². The number of carbonyl (C=O) groups is 2. The van der Waals surface area contributed by atoms with Crippen LogP contribution in [0.2, 0.25) is 0 Å². The highest BCUT2D eigenvalue weighted by atomic mass is 16.5. The molecule has 2 aromatic rings. The maximum atomic E-state index is 13.0. The van der Waals surface area contributed by atoms with E-state index in [0.29, 0.717) is 43.1 Å². The normalized spacial score (nSPS) is 16.5. The number of benzene rings is 1. The number of nitrogens with two attached hydrogens (primary N) is 1. The quantitative estimate of drug-likeness (QED) is 0.766. The van der Waals surface area contributed by atoms with E-state index in [4.69, 9.17) is 10.5 Å². The number of ether oxygens (including phenoxy) is 1. The lowest BCUT2D eigenvalue weighted by Crippen LogP contribution is -2.49. The van der Waals surface area contributed by atoms with E-state index in [0.717, 1.165) is 19.3 Å². The van der Waals surface area contributed by atoms with E-state index in [9.17, 15) is 9.59 Å². The molecule has 1 saturated heterocycles. The van der Waals surface area contributed by atoms with Crippen LogP contribution in [0.3, 0.4) is 0 Å². The van der Waals surface area contributed by atoms with Crippen LogP contribution in [0.5, 0.6) is 11.5 Å². The topological polar surface area (TPSA) is 97.6 Å². The number of rotatable bonds is 7. The Morgan fingerprint density at radius 1 is 1.18 bits per heavy atom. The molecule has 7 heteroatoms. The SMILES string of the molecule is NCCC(=O)NCC1CCCCN1C(=O)c1ccc(Oc2cccnc2)cc1. The smallest absolute Gasteiger partial charge is 0.254 e. The zero-order valence-electron chi connectivity index (χ0n) is 15.8. The van der Waals surface area contributed by atoms with Gasteiger partial charge in [-0.25, -0.2) is 0 Å². The highest BCUT2D eigenvalue weighted by Gasteiger charge is 2.27. The van der Waals surface area contributed by atoms with Gasteiger partial charge in [0.25, 0.3) is 5.91 Å². The summed E-state index contributed by atoms with van der Waals surface area (Å²) in [4.78, 5) is 30.6. The van der Waals surface area contributed by atoms with E-state index >= 15 is 0 Å². The summed E-state index contributed by atoms with van der Waals surface area (Å²) < 4.78 is 5.72. The molecule has 0 saturated carbocycles. The molecule has 148 valence electrons. The molecule has 3 rings (SSSR count). The van der Waals surface area contributed by atoms with Gasteiger partial charge in [0.05, 0.1) is 6.20 Å². The van der Waals surface area contributed by atoms with Gasteiger partial charge in [-0.3, -0.25) is 14.6 Å². The fourth-order valence-electron chi connectivity index (χ4n) is 3.31. The van der Waals surface area contributed by atoms with Gasteiger partial charge in [0.15, 0.2) is 0 Å². The number of hydrogen-bond donors (Lipinski definition) is 2. The number of nitrogens with zero attached hydrogens (tertiary/aromatic N) is 2. The molecule has 7 nitrogen and oxygen atoms in total. The molecule has 1 atom stereocenters. The highest BCUT2D eigenvalue weighted by molar-refractivity contribution is 5.94. The summed E-state index contributed by atoms with van der Waals surface area (Å²) in [6.45, 7) is 1.49. The first kappa shape index (κ1) is 19.8. The Bertz CT molecular complexity index is 780. The molecule has 1 aliphatic heterocycles. The summed E-state index contributed by atoms with van der Waals surface area (Å²) >= 11 is 0. The molecule has 0 bridgehead atoms. The van der Waals surface area contributed by atoms with E-state index in [1.165, 1.54) is 0 Å². The van der Waals surface area contributed by atoms with Gasteiger partial charge in [0, 0.05) is 43.9 Å². The van der Waals surface area contributed by atoms with Gasteiger partial charge in [0.1, 0.15) is 11.5 Å². The monoisotopic (exact) mass is 382 g/mol. The van der Waals surface area contributed by atoms with Gasteiger partial charge in [-0.2, -0.15) is 0 Å². The van der Waals surface area contributed by atoms with Gasteiger partial charge >= 0.3 is 0 Å². The molecule has 1 aromatic carbocycles. The number of amides is 2. The Morgan fingerprint density at radius 3 is 2.71 bits per heavy atom. The predicted octanol–water partition coefficient (Wildman–Crippen LogP) is 2.33. The summed E-state index contributed by atoms with van der Waals surface area (Å²) in [6, 6.07) is 10.7. The molecular weight excluding hydrogens is 356 g/mol. The number of pyridine rings is 1. The minimum atomic E-state index is -0.0719. The number of carbonyl (C=O) groups excluding carboxylic acids is 2. The minimum Gasteiger partial charge on any atom is -0.456 e. The fourth-order valence-corrected chi connectivity index (χ4v) is 3.31. The summed E-state index contributed by atoms with van der Waals surface area (Å²) in [6.07, 6.45) is 6.54. The largest absolute Gasteiger partial charge is 0.456 e. The first-order valence-electron chi connectivity index (χ1n) is 9.63. The second-order valence-corrected chi connectivity index (χ2v) is 6.81. The summed E-state index contributed by atoms with van der Waals surface area (Å²) in [5.41, 5.74) is 6.02. The maximum absolute atomic E-state index is 13.0. The lowest BCUT2D eigenvalue weighted by Gasteiger charge is -2.36. The van der Waals surface area contributed by atoms with Crippen molar-refractivity contribution in [2.24, 2.45) is 5.73 Å². The van der Waals surface area contributed by atoms with Crippen LogP contribution in [0.1, 0.15) is 36.0 Å². The van der Waals surface area contributed by atoms with Crippen LogP contribution in [0.15, 0.2) is 48.8 Å².